The van der Waals surface area contributed by atoms with Gasteiger partial charge in [0.15, 0.2) is 0 Å². The summed E-state index contributed by atoms with van der Waals surface area (Å²) in [4.78, 5) is 26.1. The van der Waals surface area contributed by atoms with Crippen molar-refractivity contribution in [2.45, 2.75) is 52.7 Å². The van der Waals surface area contributed by atoms with Crippen molar-refractivity contribution < 1.29 is 9.59 Å². The largest absolute Gasteiger partial charge is 0.340 e. The molecule has 2 heterocycles. The molecule has 1 unspecified atom stereocenters. The van der Waals surface area contributed by atoms with Crippen LogP contribution in [0.15, 0.2) is 4.47 Å². The molecule has 0 aliphatic carbocycles. The third-order valence-electron chi connectivity index (χ3n) is 4.01. The third-order valence-corrected chi connectivity index (χ3v) is 5.04. The van der Waals surface area contributed by atoms with Gasteiger partial charge in [-0.15, -0.1) is 0 Å². The van der Waals surface area contributed by atoms with Crippen LogP contribution in [0.1, 0.15) is 38.6 Å². The van der Waals surface area contributed by atoms with Gasteiger partial charge < -0.3 is 10.2 Å². The van der Waals surface area contributed by atoms with E-state index in [-0.39, 0.29) is 18.4 Å². The van der Waals surface area contributed by atoms with Gasteiger partial charge in [-0.05, 0) is 43.1 Å². The van der Waals surface area contributed by atoms with E-state index in [0.717, 1.165) is 22.4 Å². The predicted octanol–water partition coefficient (Wildman–Crippen LogP) is 1.60. The second-order valence-electron chi connectivity index (χ2n) is 5.56. The highest BCUT2D eigenvalue weighted by Crippen LogP contribution is 2.25. The number of aryl methyl sites for hydroxylation is 2. The Hall–Kier alpha value is -1.37. The number of hydrogen-bond acceptors (Lipinski definition) is 3. The number of rotatable bonds is 4. The van der Waals surface area contributed by atoms with Gasteiger partial charge in [0.2, 0.25) is 11.8 Å². The lowest BCUT2D eigenvalue weighted by atomic mass is 9.94. The van der Waals surface area contributed by atoms with Crippen LogP contribution in [0.5, 0.6) is 0 Å². The molecule has 1 fully saturated rings. The zero-order chi connectivity index (χ0) is 15.8. The van der Waals surface area contributed by atoms with Gasteiger partial charge in [-0.25, -0.2) is 0 Å². The first-order chi connectivity index (χ1) is 9.82. The van der Waals surface area contributed by atoms with E-state index < -0.39 is 5.54 Å². The highest BCUT2D eigenvalue weighted by Gasteiger charge is 2.41. The highest BCUT2D eigenvalue weighted by atomic mass is 79.9. The van der Waals surface area contributed by atoms with Crippen LogP contribution in [-0.4, -0.2) is 38.6 Å². The maximum atomic E-state index is 12.6. The molecule has 1 N–H and O–H groups in total. The molecule has 0 spiro atoms. The molecule has 0 radical (unpaired) electrons. The fourth-order valence-corrected chi connectivity index (χ4v) is 2.97. The second kappa shape index (κ2) is 5.79. The van der Waals surface area contributed by atoms with E-state index in [9.17, 15) is 9.59 Å². The average molecular weight is 357 g/mol. The fraction of sp³-hybridized carbons (Fsp3) is 0.643. The molecule has 1 aliphatic heterocycles. The van der Waals surface area contributed by atoms with Gasteiger partial charge in [0, 0.05) is 6.54 Å². The first-order valence-corrected chi connectivity index (χ1v) is 7.93. The van der Waals surface area contributed by atoms with Crippen molar-refractivity contribution >= 4 is 27.7 Å². The zero-order valence-corrected chi connectivity index (χ0v) is 14.5. The van der Waals surface area contributed by atoms with Crippen LogP contribution in [-0.2, 0) is 22.7 Å². The number of carbonyl (C=O) groups is 2. The van der Waals surface area contributed by atoms with Gasteiger partial charge in [-0.2, -0.15) is 5.10 Å². The van der Waals surface area contributed by atoms with E-state index in [2.05, 4.69) is 26.3 Å². The summed E-state index contributed by atoms with van der Waals surface area (Å²) in [5, 5.41) is 7.22. The number of hydrogen-bond donors (Lipinski definition) is 1. The fourth-order valence-electron chi connectivity index (χ4n) is 2.56. The Morgan fingerprint density at radius 1 is 1.38 bits per heavy atom. The summed E-state index contributed by atoms with van der Waals surface area (Å²) >= 11 is 3.53. The molecule has 2 amide bonds. The summed E-state index contributed by atoms with van der Waals surface area (Å²) < 4.78 is 2.77. The molecule has 1 atom stereocenters. The monoisotopic (exact) mass is 356 g/mol. The predicted molar refractivity (Wildman–Crippen MR) is 82.6 cm³/mol. The summed E-state index contributed by atoms with van der Waals surface area (Å²) in [6.07, 6.45) is 0.571. The van der Waals surface area contributed by atoms with Gasteiger partial charge in [0.25, 0.3) is 0 Å². The average Bonchev–Trinajstić information content (AvgIpc) is 2.71. The minimum Gasteiger partial charge on any atom is -0.340 e. The normalized spacial score (nSPS) is 22.6. The molecule has 0 aromatic carbocycles. The highest BCUT2D eigenvalue weighted by molar-refractivity contribution is 9.10. The number of nitrogens with zero attached hydrogens (tertiary/aromatic N) is 3. The van der Waals surface area contributed by atoms with Gasteiger partial charge >= 0.3 is 0 Å². The lowest BCUT2D eigenvalue weighted by Crippen LogP contribution is -2.64. The van der Waals surface area contributed by atoms with Crippen molar-refractivity contribution in [1.29, 1.82) is 0 Å². The molecular weight excluding hydrogens is 336 g/mol. The van der Waals surface area contributed by atoms with Crippen LogP contribution >= 0.6 is 15.9 Å². The number of piperazine rings is 1. The van der Waals surface area contributed by atoms with E-state index >= 15 is 0 Å². The number of amides is 2. The molecule has 0 saturated carbocycles. The zero-order valence-electron chi connectivity index (χ0n) is 12.9. The summed E-state index contributed by atoms with van der Waals surface area (Å²) in [6.45, 7) is 8.80. The third kappa shape index (κ3) is 2.84. The lowest BCUT2D eigenvalue weighted by molar-refractivity contribution is -0.150. The Morgan fingerprint density at radius 3 is 2.62 bits per heavy atom. The molecule has 7 heteroatoms. The van der Waals surface area contributed by atoms with E-state index in [1.165, 1.54) is 0 Å². The summed E-state index contributed by atoms with van der Waals surface area (Å²) in [7, 11) is 0. The van der Waals surface area contributed by atoms with Crippen LogP contribution in [0.2, 0.25) is 0 Å². The van der Waals surface area contributed by atoms with Crippen molar-refractivity contribution in [3.05, 3.63) is 15.9 Å². The van der Waals surface area contributed by atoms with Crippen LogP contribution in [0, 0.1) is 6.92 Å². The molecule has 2 rings (SSSR count). The molecule has 1 aromatic rings. The van der Waals surface area contributed by atoms with Crippen molar-refractivity contribution in [1.82, 2.24) is 20.0 Å². The smallest absolute Gasteiger partial charge is 0.248 e. The molecule has 1 aliphatic rings. The van der Waals surface area contributed by atoms with Crippen LogP contribution in [0.4, 0.5) is 0 Å². The van der Waals surface area contributed by atoms with Gasteiger partial charge in [0.1, 0.15) is 12.1 Å². The van der Waals surface area contributed by atoms with E-state index in [1.54, 1.807) is 11.8 Å². The minimum absolute atomic E-state index is 0.0435. The first-order valence-electron chi connectivity index (χ1n) is 7.14. The topological polar surface area (TPSA) is 67.2 Å². The van der Waals surface area contributed by atoms with E-state index in [1.807, 2.05) is 25.5 Å². The molecular formula is C14H21BrN4O2. The standard InChI is InChI=1S/C14H21BrN4O2/c1-5-14(4)13(21)18(8-11(20)16-14)7-10-12(15)9(3)17-19(10)6-2/h5-8H2,1-4H3,(H,16,20). The van der Waals surface area contributed by atoms with Crippen molar-refractivity contribution in [2.24, 2.45) is 0 Å². The Balaban J connectivity index is 2.30. The van der Waals surface area contributed by atoms with E-state index in [4.69, 9.17) is 0 Å². The summed E-state index contributed by atoms with van der Waals surface area (Å²) in [6, 6.07) is 0. The Labute approximate surface area is 133 Å². The maximum absolute atomic E-state index is 12.6. The summed E-state index contributed by atoms with van der Waals surface area (Å²) in [5.74, 6) is -0.160. The van der Waals surface area contributed by atoms with Gasteiger partial charge in [0.05, 0.1) is 22.4 Å². The number of aromatic nitrogens is 2. The van der Waals surface area contributed by atoms with Crippen molar-refractivity contribution in [3.63, 3.8) is 0 Å². The van der Waals surface area contributed by atoms with Crippen LogP contribution < -0.4 is 5.32 Å². The van der Waals surface area contributed by atoms with Crippen LogP contribution in [0.25, 0.3) is 0 Å². The summed E-state index contributed by atoms with van der Waals surface area (Å²) in [5.41, 5.74) is 1.00. The minimum atomic E-state index is -0.812. The first kappa shape index (κ1) is 16.0. The molecule has 1 saturated heterocycles. The van der Waals surface area contributed by atoms with Gasteiger partial charge in [-0.1, -0.05) is 6.92 Å². The lowest BCUT2D eigenvalue weighted by Gasteiger charge is -2.39. The Morgan fingerprint density at radius 2 is 2.05 bits per heavy atom. The molecule has 1 aromatic heterocycles. The molecule has 6 nitrogen and oxygen atoms in total. The second-order valence-corrected chi connectivity index (χ2v) is 6.35. The SMILES string of the molecule is CCn1nc(C)c(Br)c1CN1CC(=O)NC(C)(CC)C1=O. The number of nitrogens with one attached hydrogen (secondary N) is 1. The quantitative estimate of drug-likeness (QED) is 0.890. The van der Waals surface area contributed by atoms with E-state index in [0.29, 0.717) is 13.0 Å². The van der Waals surface area contributed by atoms with Crippen molar-refractivity contribution in [3.8, 4) is 0 Å². The number of carbonyl (C=O) groups excluding carboxylic acids is 2. The maximum Gasteiger partial charge on any atom is 0.248 e. The van der Waals surface area contributed by atoms with Gasteiger partial charge in [-0.3, -0.25) is 14.3 Å². The molecule has 21 heavy (non-hydrogen) atoms. The molecule has 116 valence electrons. The Kier molecular flexibility index (Phi) is 4.41. The van der Waals surface area contributed by atoms with Crippen molar-refractivity contribution in [2.75, 3.05) is 6.54 Å². The molecule has 0 bridgehead atoms. The van der Waals surface area contributed by atoms with Crippen LogP contribution in [0.3, 0.4) is 0 Å². The number of halogens is 1. The Bertz CT molecular complexity index is 584.